The zero-order valence-corrected chi connectivity index (χ0v) is 68.7. The zero-order chi connectivity index (χ0) is 66.6. The molecule has 524 valence electrons. The molecule has 0 heterocycles. The molecule has 0 aromatic heterocycles. The second-order valence-corrected chi connectivity index (χ2v) is 35.1. The van der Waals surface area contributed by atoms with Gasteiger partial charge in [0, 0.05) is 0 Å². The van der Waals surface area contributed by atoms with Gasteiger partial charge in [-0.05, 0) is 0 Å². The summed E-state index contributed by atoms with van der Waals surface area (Å²) in [5.74, 6) is 7.60. The van der Waals surface area contributed by atoms with Crippen LogP contribution in [0.15, 0.2) is 84.9 Å². The van der Waals surface area contributed by atoms with E-state index in [1.807, 2.05) is 0 Å². The van der Waals surface area contributed by atoms with E-state index in [4.69, 9.17) is 0 Å². The van der Waals surface area contributed by atoms with Gasteiger partial charge in [0.1, 0.15) is 0 Å². The van der Waals surface area contributed by atoms with Gasteiger partial charge in [-0.3, -0.25) is 0 Å². The van der Waals surface area contributed by atoms with E-state index in [9.17, 15) is 0 Å². The molecule has 0 bridgehead atoms. The number of fused-ring (bicyclic) bond motifs is 6. The summed E-state index contributed by atoms with van der Waals surface area (Å²) in [4.78, 5) is 0. The van der Waals surface area contributed by atoms with Crippen LogP contribution in [0.1, 0.15) is 446 Å². The van der Waals surface area contributed by atoms with Crippen molar-refractivity contribution >= 4 is 0 Å². The van der Waals surface area contributed by atoms with E-state index in [0.717, 1.165) is 0 Å². The van der Waals surface area contributed by atoms with Gasteiger partial charge in [0.25, 0.3) is 0 Å². The Morgan fingerprint density at radius 1 is 0.221 bits per heavy atom. The first kappa shape index (κ1) is 80.9. The first-order valence-electron chi connectivity index (χ1n) is 42.6. The van der Waals surface area contributed by atoms with Crippen molar-refractivity contribution in [1.82, 2.24) is 0 Å². The minimum atomic E-state index is -1.83. The number of hydrogen-bond donors (Lipinski definition) is 0. The summed E-state index contributed by atoms with van der Waals surface area (Å²) < 4.78 is 7.66. The molecule has 4 aromatic rings. The van der Waals surface area contributed by atoms with Crippen molar-refractivity contribution in [2.45, 2.75) is 424 Å². The van der Waals surface area contributed by atoms with Gasteiger partial charge in [0.05, 0.1) is 0 Å². The van der Waals surface area contributed by atoms with E-state index in [0.29, 0.717) is 0 Å². The van der Waals surface area contributed by atoms with Crippen LogP contribution in [0, 0.1) is 18.7 Å². The van der Waals surface area contributed by atoms with Crippen LogP contribution in [0.2, 0.25) is 0 Å². The first-order valence-corrected chi connectivity index (χ1v) is 48.1. The van der Waals surface area contributed by atoms with Crippen LogP contribution in [0.3, 0.4) is 0 Å². The number of hydrogen-bond acceptors (Lipinski definition) is 0. The van der Waals surface area contributed by atoms with E-state index in [1.54, 1.807) is 22.3 Å². The molecule has 0 radical (unpaired) electrons. The van der Waals surface area contributed by atoms with Crippen LogP contribution >= 0.6 is 0 Å². The molecule has 6 rings (SSSR count). The monoisotopic (exact) mass is 1480 g/mol. The van der Waals surface area contributed by atoms with Gasteiger partial charge in [-0.1, -0.05) is 259 Å². The molecule has 0 unspecified atom stereocenters. The third kappa shape index (κ3) is 30.8. The van der Waals surface area contributed by atoms with Crippen molar-refractivity contribution in [2.75, 3.05) is 0 Å². The van der Waals surface area contributed by atoms with Crippen LogP contribution in [-0.2, 0) is 35.4 Å². The Morgan fingerprint density at radius 3 is 0.653 bits per heavy atom. The average molecular weight is 1480 g/mol. The zero-order valence-electron chi connectivity index (χ0n) is 63.2. The maximum absolute atomic E-state index is 3.83. The summed E-state index contributed by atoms with van der Waals surface area (Å²) in [5, 5.41) is 0. The van der Waals surface area contributed by atoms with Crippen LogP contribution in [0.5, 0.6) is 0 Å². The molecular weight excluding hydrogens is 1330 g/mol. The van der Waals surface area contributed by atoms with Gasteiger partial charge in [0.15, 0.2) is 0 Å². The summed E-state index contributed by atoms with van der Waals surface area (Å²) in [6.45, 7) is 9.30. The normalized spacial score (nSPS) is 13.0. The first-order chi connectivity index (χ1) is 47.1. The fourth-order valence-corrected chi connectivity index (χ4v) is 19.8. The average Bonchev–Trinajstić information content (AvgIpc) is 1.59. The van der Waals surface area contributed by atoms with E-state index in [2.05, 4.69) is 131 Å². The van der Waals surface area contributed by atoms with Gasteiger partial charge >= 0.3 is 349 Å². The summed E-state index contributed by atoms with van der Waals surface area (Å²) in [5.41, 5.74) is 14.9. The Hall–Kier alpha value is -3.06. The quantitative estimate of drug-likeness (QED) is 0.0235. The number of rotatable bonds is 60. The standard InChI is InChI=1S/2C47H73.Hg/c2*1-4-7-9-11-13-15-17-19-21-23-25-27-29-33-39-47(40-34-30-28-26-24-22-20-18-16-14-12-10-8-5-2)45-36-32-31-35-43(45)44-38-37-42(6-3)41-46(44)47;/h2*31-32,35-38,41H,4-5,7-30,33-34,39-40H2,1-2H3;. The van der Waals surface area contributed by atoms with Crippen molar-refractivity contribution in [2.24, 2.45) is 0 Å². The predicted molar refractivity (Wildman–Crippen MR) is 419 cm³/mol. The van der Waals surface area contributed by atoms with E-state index in [1.165, 1.54) is 419 Å². The van der Waals surface area contributed by atoms with E-state index in [-0.39, 0.29) is 10.8 Å². The summed E-state index contributed by atoms with van der Waals surface area (Å²) in [7, 11) is 0. The molecule has 2 aliphatic carbocycles. The van der Waals surface area contributed by atoms with Gasteiger partial charge < -0.3 is 0 Å². The summed E-state index contributed by atoms with van der Waals surface area (Å²) >= 11 is -1.83. The van der Waals surface area contributed by atoms with Crippen molar-refractivity contribution in [3.8, 4) is 41.0 Å². The Bertz CT molecular complexity index is 2430. The van der Waals surface area contributed by atoms with Crippen molar-refractivity contribution < 1.29 is 24.6 Å². The van der Waals surface area contributed by atoms with Gasteiger partial charge in [-0.2, -0.15) is 0 Å². The van der Waals surface area contributed by atoms with E-state index >= 15 is 0 Å². The molecule has 95 heavy (non-hydrogen) atoms. The fourth-order valence-electron chi connectivity index (χ4n) is 17.2. The molecule has 0 saturated heterocycles. The van der Waals surface area contributed by atoms with Crippen molar-refractivity contribution in [3.05, 3.63) is 118 Å². The van der Waals surface area contributed by atoms with E-state index < -0.39 is 24.6 Å². The second-order valence-electron chi connectivity index (χ2n) is 30.9. The molecule has 0 fully saturated rings. The summed E-state index contributed by atoms with van der Waals surface area (Å²) in [6, 6.07) is 34.0. The van der Waals surface area contributed by atoms with Gasteiger partial charge in [0.2, 0.25) is 0 Å². The SMILES string of the molecule is CCCCCCCCCCCCCCCCC1(CCCCCCCCCCCCCCCC)c2ccccc2-c2ccc(C#[C][Hg][C]#Cc3ccc4c(c3)C(CCCCCCCCCCCCCCCC)(CCCCCCCCCCCCCCCC)c3ccccc3-4)cc21. The van der Waals surface area contributed by atoms with Crippen LogP contribution < -0.4 is 0 Å². The topological polar surface area (TPSA) is 0 Å². The third-order valence-electron chi connectivity index (χ3n) is 23.0. The molecular formula is C94H146Hg. The predicted octanol–water partition coefficient (Wildman–Crippen LogP) is 31.1. The number of benzene rings is 4. The molecule has 0 N–H and O–H groups in total. The molecule has 1 heteroatoms. The van der Waals surface area contributed by atoms with Crippen molar-refractivity contribution in [3.63, 3.8) is 0 Å². The molecule has 0 amide bonds. The molecule has 0 nitrogen and oxygen atoms in total. The molecule has 2 aliphatic rings. The second kappa shape index (κ2) is 52.9. The Morgan fingerprint density at radius 2 is 0.421 bits per heavy atom. The summed E-state index contributed by atoms with van der Waals surface area (Å²) in [6.07, 6.45) is 84.2. The Kier molecular flexibility index (Phi) is 45.0. The Balaban J connectivity index is 1.09. The molecule has 0 aliphatic heterocycles. The van der Waals surface area contributed by atoms with Crippen LogP contribution in [0.4, 0.5) is 0 Å². The molecule has 0 saturated carbocycles. The number of unbranched alkanes of at least 4 members (excludes halogenated alkanes) is 52. The fraction of sp³-hybridized carbons (Fsp3) is 0.702. The minimum absolute atomic E-state index is 0.0866. The third-order valence-corrected chi connectivity index (χ3v) is 25.8. The molecule has 0 spiro atoms. The molecule has 0 atom stereocenters. The maximum atomic E-state index is 3.83. The van der Waals surface area contributed by atoms with Crippen LogP contribution in [0.25, 0.3) is 22.3 Å². The van der Waals surface area contributed by atoms with Crippen molar-refractivity contribution in [1.29, 1.82) is 0 Å². The van der Waals surface area contributed by atoms with Gasteiger partial charge in [-0.25, -0.2) is 0 Å². The Labute approximate surface area is 603 Å². The molecule has 4 aromatic carbocycles. The van der Waals surface area contributed by atoms with Crippen LogP contribution in [-0.4, -0.2) is 0 Å². The van der Waals surface area contributed by atoms with Gasteiger partial charge in [-0.15, -0.1) is 0 Å².